The Balaban J connectivity index is 1.68. The molecule has 6 nitrogen and oxygen atoms in total. The number of thiophene rings is 1. The van der Waals surface area contributed by atoms with Gasteiger partial charge in [-0.1, -0.05) is 12.1 Å². The number of oxazole rings is 1. The molecule has 2 heterocycles. The quantitative estimate of drug-likeness (QED) is 0.755. The zero-order chi connectivity index (χ0) is 17.1. The molecule has 0 unspecified atom stereocenters. The predicted molar refractivity (Wildman–Crippen MR) is 92.6 cm³/mol. The van der Waals surface area contributed by atoms with E-state index in [1.54, 1.807) is 17.5 Å². The number of hydrogen-bond acceptors (Lipinski definition) is 5. The summed E-state index contributed by atoms with van der Waals surface area (Å²) >= 11 is 1.31. The molecule has 0 spiro atoms. The molecule has 3 aromatic rings. The summed E-state index contributed by atoms with van der Waals surface area (Å²) in [5.41, 5.74) is 2.88. The van der Waals surface area contributed by atoms with E-state index in [1.165, 1.54) is 17.6 Å². The van der Waals surface area contributed by atoms with Crippen molar-refractivity contribution in [1.82, 2.24) is 4.98 Å². The van der Waals surface area contributed by atoms with Crippen molar-refractivity contribution in [2.45, 2.75) is 13.8 Å². The number of carbonyl (C=O) groups excluding carboxylic acids is 2. The smallest absolute Gasteiger partial charge is 0.302 e. The van der Waals surface area contributed by atoms with E-state index in [9.17, 15) is 9.59 Å². The molecule has 24 heavy (non-hydrogen) atoms. The van der Waals surface area contributed by atoms with Crippen molar-refractivity contribution < 1.29 is 14.0 Å². The van der Waals surface area contributed by atoms with Crippen molar-refractivity contribution in [2.24, 2.45) is 0 Å². The molecular formula is C17H15N3O3S. The minimum atomic E-state index is -0.402. The van der Waals surface area contributed by atoms with Gasteiger partial charge in [0.15, 0.2) is 5.69 Å². The van der Waals surface area contributed by atoms with E-state index in [0.717, 1.165) is 11.1 Å². The summed E-state index contributed by atoms with van der Waals surface area (Å²) in [5, 5.41) is 7.08. The van der Waals surface area contributed by atoms with Gasteiger partial charge in [0.05, 0.1) is 4.88 Å². The van der Waals surface area contributed by atoms with E-state index in [4.69, 9.17) is 4.42 Å². The molecule has 0 aliphatic carbocycles. The van der Waals surface area contributed by atoms with Crippen molar-refractivity contribution in [3.05, 3.63) is 63.7 Å². The maximum absolute atomic E-state index is 12.2. The number of aromatic nitrogens is 1. The minimum Gasteiger partial charge on any atom is -0.431 e. The van der Waals surface area contributed by atoms with Gasteiger partial charge in [0.1, 0.15) is 6.26 Å². The summed E-state index contributed by atoms with van der Waals surface area (Å²) in [5.74, 6) is -0.728. The average Bonchev–Trinajstić information content (AvgIpc) is 3.17. The van der Waals surface area contributed by atoms with Gasteiger partial charge in [-0.05, 0) is 48.6 Å². The number of rotatable bonds is 4. The number of nitrogens with one attached hydrogen (secondary N) is 2. The molecule has 0 atom stereocenters. The number of aryl methyl sites for hydroxylation is 2. The van der Waals surface area contributed by atoms with Gasteiger partial charge in [0.25, 0.3) is 11.8 Å². The Labute approximate surface area is 142 Å². The Morgan fingerprint density at radius 1 is 1.08 bits per heavy atom. The Kier molecular flexibility index (Phi) is 4.43. The summed E-state index contributed by atoms with van der Waals surface area (Å²) in [4.78, 5) is 28.7. The van der Waals surface area contributed by atoms with Crippen LogP contribution in [-0.4, -0.2) is 16.8 Å². The van der Waals surface area contributed by atoms with E-state index < -0.39 is 5.91 Å². The maximum atomic E-state index is 12.2. The predicted octanol–water partition coefficient (Wildman–Crippen LogP) is 3.86. The molecule has 0 aliphatic heterocycles. The highest BCUT2D eigenvalue weighted by molar-refractivity contribution is 7.12. The summed E-state index contributed by atoms with van der Waals surface area (Å²) in [6.07, 6.45) is 1.21. The summed E-state index contributed by atoms with van der Waals surface area (Å²) < 4.78 is 5.14. The molecule has 7 heteroatoms. The van der Waals surface area contributed by atoms with Crippen molar-refractivity contribution in [3.8, 4) is 0 Å². The third kappa shape index (κ3) is 3.69. The SMILES string of the molecule is Cc1cc(C)cc(NC(=O)c2coc(NC(=O)c3cccs3)n2)c1. The van der Waals surface area contributed by atoms with Gasteiger partial charge in [-0.3, -0.25) is 14.9 Å². The standard InChI is InChI=1S/C17H15N3O3S/c1-10-6-11(2)8-12(7-10)18-15(21)13-9-23-17(19-13)20-16(22)14-4-3-5-24-14/h3-9H,1-2H3,(H,18,21)(H,19,20,22). The minimum absolute atomic E-state index is 0.0148. The molecule has 0 bridgehead atoms. The van der Waals surface area contributed by atoms with Crippen LogP contribution < -0.4 is 10.6 Å². The lowest BCUT2D eigenvalue weighted by molar-refractivity contribution is 0.101. The second kappa shape index (κ2) is 6.67. The van der Waals surface area contributed by atoms with Crippen LogP contribution in [0.5, 0.6) is 0 Å². The van der Waals surface area contributed by atoms with Crippen molar-refractivity contribution in [3.63, 3.8) is 0 Å². The summed E-state index contributed by atoms with van der Waals surface area (Å²) in [7, 11) is 0. The van der Waals surface area contributed by atoms with E-state index in [1.807, 2.05) is 32.0 Å². The molecule has 0 aliphatic rings. The molecule has 0 saturated carbocycles. The molecular weight excluding hydrogens is 326 g/mol. The van der Waals surface area contributed by atoms with Gasteiger partial charge in [-0.2, -0.15) is 4.98 Å². The van der Waals surface area contributed by atoms with Crippen molar-refractivity contribution >= 4 is 34.9 Å². The fraction of sp³-hybridized carbons (Fsp3) is 0.118. The first-order chi connectivity index (χ1) is 11.5. The highest BCUT2D eigenvalue weighted by atomic mass is 32.1. The first-order valence-corrected chi connectivity index (χ1v) is 8.09. The second-order valence-corrected chi connectivity index (χ2v) is 6.25. The van der Waals surface area contributed by atoms with Crippen LogP contribution in [0.1, 0.15) is 31.3 Å². The molecule has 2 N–H and O–H groups in total. The van der Waals surface area contributed by atoms with Gasteiger partial charge in [-0.25, -0.2) is 0 Å². The summed E-state index contributed by atoms with van der Waals surface area (Å²) in [6, 6.07) is 9.20. The third-order valence-electron chi connectivity index (χ3n) is 3.18. The zero-order valence-corrected chi connectivity index (χ0v) is 13.9. The van der Waals surface area contributed by atoms with E-state index in [-0.39, 0.29) is 17.6 Å². The Bertz CT molecular complexity index is 864. The molecule has 3 rings (SSSR count). The first kappa shape index (κ1) is 15.9. The van der Waals surface area contributed by atoms with Gasteiger partial charge in [-0.15, -0.1) is 11.3 Å². The Hall–Kier alpha value is -2.93. The average molecular weight is 341 g/mol. The van der Waals surface area contributed by atoms with Gasteiger partial charge < -0.3 is 9.73 Å². The fourth-order valence-electron chi connectivity index (χ4n) is 2.24. The van der Waals surface area contributed by atoms with Crippen LogP contribution in [0.2, 0.25) is 0 Å². The number of amides is 2. The van der Waals surface area contributed by atoms with E-state index in [0.29, 0.717) is 10.6 Å². The van der Waals surface area contributed by atoms with Crippen LogP contribution in [0.25, 0.3) is 0 Å². The first-order valence-electron chi connectivity index (χ1n) is 7.21. The lowest BCUT2D eigenvalue weighted by atomic mass is 10.1. The largest absolute Gasteiger partial charge is 0.431 e. The van der Waals surface area contributed by atoms with Gasteiger partial charge in [0, 0.05) is 5.69 Å². The van der Waals surface area contributed by atoms with Gasteiger partial charge in [0.2, 0.25) is 0 Å². The fourth-order valence-corrected chi connectivity index (χ4v) is 2.86. The van der Waals surface area contributed by atoms with Crippen LogP contribution in [0, 0.1) is 13.8 Å². The van der Waals surface area contributed by atoms with E-state index >= 15 is 0 Å². The van der Waals surface area contributed by atoms with Gasteiger partial charge >= 0.3 is 6.01 Å². The number of hydrogen-bond donors (Lipinski definition) is 2. The molecule has 2 amide bonds. The highest BCUT2D eigenvalue weighted by Crippen LogP contribution is 2.16. The van der Waals surface area contributed by atoms with E-state index in [2.05, 4.69) is 15.6 Å². The van der Waals surface area contributed by atoms with Crippen molar-refractivity contribution in [2.75, 3.05) is 10.6 Å². The highest BCUT2D eigenvalue weighted by Gasteiger charge is 2.15. The Morgan fingerprint density at radius 2 is 1.83 bits per heavy atom. The zero-order valence-electron chi connectivity index (χ0n) is 13.1. The van der Waals surface area contributed by atoms with Crippen molar-refractivity contribution in [1.29, 1.82) is 0 Å². The third-order valence-corrected chi connectivity index (χ3v) is 4.05. The van der Waals surface area contributed by atoms with Crippen LogP contribution in [0.15, 0.2) is 46.4 Å². The van der Waals surface area contributed by atoms with Crippen LogP contribution in [-0.2, 0) is 0 Å². The number of nitrogens with zero attached hydrogens (tertiary/aromatic N) is 1. The molecule has 0 fully saturated rings. The molecule has 122 valence electrons. The maximum Gasteiger partial charge on any atom is 0.302 e. The topological polar surface area (TPSA) is 84.2 Å². The van der Waals surface area contributed by atoms with Crippen LogP contribution >= 0.6 is 11.3 Å². The number of benzene rings is 1. The Morgan fingerprint density at radius 3 is 2.50 bits per heavy atom. The monoisotopic (exact) mass is 341 g/mol. The van der Waals surface area contributed by atoms with Crippen LogP contribution in [0.3, 0.4) is 0 Å². The second-order valence-electron chi connectivity index (χ2n) is 5.30. The number of carbonyl (C=O) groups is 2. The number of anilines is 2. The summed E-state index contributed by atoms with van der Waals surface area (Å²) in [6.45, 7) is 3.91. The normalized spacial score (nSPS) is 10.4. The lowest BCUT2D eigenvalue weighted by Gasteiger charge is -2.05. The molecule has 1 aromatic carbocycles. The molecule has 0 saturated heterocycles. The molecule has 2 aromatic heterocycles. The molecule has 0 radical (unpaired) electrons. The van der Waals surface area contributed by atoms with Crippen LogP contribution in [0.4, 0.5) is 11.7 Å². The lowest BCUT2D eigenvalue weighted by Crippen LogP contribution is -2.14.